The number of rotatable bonds is 4. The van der Waals surface area contributed by atoms with Gasteiger partial charge in [-0.25, -0.2) is 0 Å². The molecular formula is C14H15ClN2O. The summed E-state index contributed by atoms with van der Waals surface area (Å²) >= 11 is 5.95. The van der Waals surface area contributed by atoms with Gasteiger partial charge in [-0.3, -0.25) is 4.79 Å². The lowest BCUT2D eigenvalue weighted by Crippen LogP contribution is -2.25. The van der Waals surface area contributed by atoms with Crippen molar-refractivity contribution in [2.24, 2.45) is 0 Å². The smallest absolute Gasteiger partial charge is 0.179 e. The number of nitrogens with one attached hydrogen (secondary N) is 2. The first-order valence-electron chi connectivity index (χ1n) is 6.19. The normalized spacial score (nSPS) is 15.2. The van der Waals surface area contributed by atoms with Crippen molar-refractivity contribution >= 4 is 28.3 Å². The molecule has 3 rings (SSSR count). The van der Waals surface area contributed by atoms with Gasteiger partial charge in [-0.15, -0.1) is 0 Å². The maximum Gasteiger partial charge on any atom is 0.179 e. The van der Waals surface area contributed by atoms with Gasteiger partial charge in [0.15, 0.2) is 5.78 Å². The monoisotopic (exact) mass is 262 g/mol. The molecule has 0 aliphatic heterocycles. The van der Waals surface area contributed by atoms with Gasteiger partial charge in [0, 0.05) is 33.2 Å². The molecule has 0 unspecified atom stereocenters. The number of aryl methyl sites for hydroxylation is 1. The Morgan fingerprint density at radius 3 is 3.00 bits per heavy atom. The minimum atomic E-state index is 0.146. The molecule has 1 saturated carbocycles. The average molecular weight is 263 g/mol. The van der Waals surface area contributed by atoms with E-state index in [4.69, 9.17) is 11.6 Å². The summed E-state index contributed by atoms with van der Waals surface area (Å²) in [5, 5.41) is 4.90. The van der Waals surface area contributed by atoms with Crippen LogP contribution >= 0.6 is 11.6 Å². The highest BCUT2D eigenvalue weighted by molar-refractivity contribution is 6.31. The Balaban J connectivity index is 1.93. The molecule has 0 spiro atoms. The molecule has 2 aromatic rings. The quantitative estimate of drug-likeness (QED) is 0.832. The van der Waals surface area contributed by atoms with Crippen LogP contribution in [0.2, 0.25) is 5.02 Å². The van der Waals surface area contributed by atoms with Gasteiger partial charge in [0.1, 0.15) is 0 Å². The van der Waals surface area contributed by atoms with Crippen molar-refractivity contribution in [3.05, 3.63) is 34.5 Å². The van der Waals surface area contributed by atoms with Gasteiger partial charge in [0.2, 0.25) is 0 Å². The van der Waals surface area contributed by atoms with Gasteiger partial charge < -0.3 is 10.3 Å². The summed E-state index contributed by atoms with van der Waals surface area (Å²) in [5.74, 6) is 0.146. The lowest BCUT2D eigenvalue weighted by Gasteiger charge is -2.02. The first-order valence-corrected chi connectivity index (χ1v) is 6.57. The third-order valence-corrected chi connectivity index (χ3v) is 3.59. The molecule has 3 nitrogen and oxygen atoms in total. The maximum atomic E-state index is 12.2. The fourth-order valence-electron chi connectivity index (χ4n) is 2.28. The van der Waals surface area contributed by atoms with Gasteiger partial charge >= 0.3 is 0 Å². The molecule has 1 aliphatic rings. The lowest BCUT2D eigenvalue weighted by atomic mass is 10.1. The van der Waals surface area contributed by atoms with E-state index >= 15 is 0 Å². The van der Waals surface area contributed by atoms with E-state index in [9.17, 15) is 4.79 Å². The SMILES string of the molecule is Cc1[nH]c2cc(Cl)ccc2c1C(=O)CNC1CC1. The molecule has 18 heavy (non-hydrogen) atoms. The van der Waals surface area contributed by atoms with Crippen LogP contribution < -0.4 is 5.32 Å². The van der Waals surface area contributed by atoms with Crippen molar-refractivity contribution in [2.75, 3.05) is 6.54 Å². The topological polar surface area (TPSA) is 44.9 Å². The number of hydrogen-bond donors (Lipinski definition) is 2. The summed E-state index contributed by atoms with van der Waals surface area (Å²) in [6.07, 6.45) is 2.38. The zero-order valence-corrected chi connectivity index (χ0v) is 11.0. The molecule has 1 aromatic carbocycles. The maximum absolute atomic E-state index is 12.2. The summed E-state index contributed by atoms with van der Waals surface area (Å²) in [5.41, 5.74) is 2.62. The van der Waals surface area contributed by atoms with Crippen LogP contribution in [0.3, 0.4) is 0 Å². The molecule has 2 N–H and O–H groups in total. The number of hydrogen-bond acceptors (Lipinski definition) is 2. The number of ketones is 1. The molecule has 94 valence electrons. The van der Waals surface area contributed by atoms with Crippen LogP contribution in [-0.4, -0.2) is 23.4 Å². The van der Waals surface area contributed by atoms with Crippen LogP contribution in [0.1, 0.15) is 28.9 Å². The van der Waals surface area contributed by atoms with Gasteiger partial charge in [0.05, 0.1) is 6.54 Å². The number of carbonyl (C=O) groups excluding carboxylic acids is 1. The van der Waals surface area contributed by atoms with Crippen LogP contribution in [-0.2, 0) is 0 Å². The Kier molecular flexibility index (Phi) is 2.88. The van der Waals surface area contributed by atoms with Crippen molar-refractivity contribution in [1.29, 1.82) is 0 Å². The third-order valence-electron chi connectivity index (χ3n) is 3.36. The third kappa shape index (κ3) is 2.16. The number of aromatic amines is 1. The molecule has 4 heteroatoms. The van der Waals surface area contributed by atoms with E-state index in [1.54, 1.807) is 0 Å². The number of halogens is 1. The summed E-state index contributed by atoms with van der Waals surface area (Å²) in [4.78, 5) is 15.5. The van der Waals surface area contributed by atoms with Gasteiger partial charge in [-0.1, -0.05) is 17.7 Å². The highest BCUT2D eigenvalue weighted by atomic mass is 35.5. The molecule has 0 amide bonds. The minimum absolute atomic E-state index is 0.146. The van der Waals surface area contributed by atoms with Crippen LogP contribution in [0.15, 0.2) is 18.2 Å². The highest BCUT2D eigenvalue weighted by Crippen LogP contribution is 2.25. The Labute approximate surface area is 111 Å². The van der Waals surface area contributed by atoms with E-state index in [1.165, 1.54) is 12.8 Å². The van der Waals surface area contributed by atoms with E-state index in [-0.39, 0.29) is 5.78 Å². The second-order valence-corrected chi connectivity index (χ2v) is 5.33. The molecule has 0 saturated heterocycles. The largest absolute Gasteiger partial charge is 0.358 e. The Hall–Kier alpha value is -1.32. The molecule has 0 radical (unpaired) electrons. The van der Waals surface area contributed by atoms with E-state index in [0.29, 0.717) is 17.6 Å². The van der Waals surface area contributed by atoms with Gasteiger partial charge in [0.25, 0.3) is 0 Å². The van der Waals surface area contributed by atoms with E-state index < -0.39 is 0 Å². The fourth-order valence-corrected chi connectivity index (χ4v) is 2.45. The summed E-state index contributed by atoms with van der Waals surface area (Å²) in [6.45, 7) is 2.35. The summed E-state index contributed by atoms with van der Waals surface area (Å²) in [6, 6.07) is 6.14. The van der Waals surface area contributed by atoms with Crippen molar-refractivity contribution in [3.8, 4) is 0 Å². The van der Waals surface area contributed by atoms with E-state index in [2.05, 4.69) is 10.3 Å². The van der Waals surface area contributed by atoms with Crippen LogP contribution in [0.5, 0.6) is 0 Å². The van der Waals surface area contributed by atoms with Gasteiger partial charge in [-0.2, -0.15) is 0 Å². The first-order chi connectivity index (χ1) is 8.65. The second-order valence-electron chi connectivity index (χ2n) is 4.89. The first kappa shape index (κ1) is 11.8. The molecular weight excluding hydrogens is 248 g/mol. The minimum Gasteiger partial charge on any atom is -0.358 e. The van der Waals surface area contributed by atoms with Crippen LogP contribution in [0, 0.1) is 6.92 Å². The van der Waals surface area contributed by atoms with Gasteiger partial charge in [-0.05, 0) is 31.9 Å². The Morgan fingerprint density at radius 1 is 1.50 bits per heavy atom. The van der Waals surface area contributed by atoms with Crippen LogP contribution in [0.25, 0.3) is 10.9 Å². The van der Waals surface area contributed by atoms with Crippen molar-refractivity contribution < 1.29 is 4.79 Å². The number of carbonyl (C=O) groups is 1. The van der Waals surface area contributed by atoms with E-state index in [0.717, 1.165) is 22.2 Å². The molecule has 1 heterocycles. The number of Topliss-reactive ketones (excluding diaryl/α,β-unsaturated/α-hetero) is 1. The lowest BCUT2D eigenvalue weighted by molar-refractivity contribution is 0.0991. The highest BCUT2D eigenvalue weighted by Gasteiger charge is 2.23. The number of H-pyrrole nitrogens is 1. The van der Waals surface area contributed by atoms with Crippen molar-refractivity contribution in [1.82, 2.24) is 10.3 Å². The predicted molar refractivity (Wildman–Crippen MR) is 73.4 cm³/mol. The summed E-state index contributed by atoms with van der Waals surface area (Å²) in [7, 11) is 0. The second kappa shape index (κ2) is 4.41. The standard InChI is InChI=1S/C14H15ClN2O/c1-8-14(13(18)7-16-10-3-4-10)11-5-2-9(15)6-12(11)17-8/h2,5-6,10,16-17H,3-4,7H2,1H3. The number of fused-ring (bicyclic) bond motifs is 1. The van der Waals surface area contributed by atoms with Crippen molar-refractivity contribution in [2.45, 2.75) is 25.8 Å². The van der Waals surface area contributed by atoms with Crippen molar-refractivity contribution in [3.63, 3.8) is 0 Å². The zero-order valence-electron chi connectivity index (χ0n) is 10.2. The molecule has 1 aromatic heterocycles. The predicted octanol–water partition coefficient (Wildman–Crippen LogP) is 3.06. The molecule has 1 fully saturated rings. The number of aromatic nitrogens is 1. The van der Waals surface area contributed by atoms with Crippen LogP contribution in [0.4, 0.5) is 0 Å². The Morgan fingerprint density at radius 2 is 2.28 bits per heavy atom. The molecule has 1 aliphatic carbocycles. The summed E-state index contributed by atoms with van der Waals surface area (Å²) < 4.78 is 0. The fraction of sp³-hybridized carbons (Fsp3) is 0.357. The Bertz CT molecular complexity index is 614. The molecule has 0 bridgehead atoms. The average Bonchev–Trinajstić information content (AvgIpc) is 3.08. The van der Waals surface area contributed by atoms with E-state index in [1.807, 2.05) is 25.1 Å². The number of benzene rings is 1. The zero-order chi connectivity index (χ0) is 12.7. The molecule has 0 atom stereocenters.